The molecule has 1 amide bonds. The number of nitrogens with two attached hydrogens (primary N) is 2. The Morgan fingerprint density at radius 1 is 1.21 bits per heavy atom. The summed E-state index contributed by atoms with van der Waals surface area (Å²) in [5.74, 6) is 2.76. The third-order valence-corrected chi connectivity index (χ3v) is 5.47. The lowest BCUT2D eigenvalue weighted by Gasteiger charge is -2.14. The van der Waals surface area contributed by atoms with E-state index in [9.17, 15) is 9.59 Å². The van der Waals surface area contributed by atoms with E-state index in [1.807, 2.05) is 67.6 Å². The lowest BCUT2D eigenvalue weighted by atomic mass is 10.0. The second-order valence-corrected chi connectivity index (χ2v) is 7.56. The van der Waals surface area contributed by atoms with Crippen molar-refractivity contribution in [3.63, 3.8) is 0 Å². The molecular weight excluding hydrogens is 428 g/mol. The number of nitrogens with one attached hydrogen (secondary N) is 1. The fraction of sp³-hybridized carbons (Fsp3) is 0.115. The second-order valence-electron chi connectivity index (χ2n) is 7.56. The van der Waals surface area contributed by atoms with Gasteiger partial charge in [0.1, 0.15) is 11.4 Å². The van der Waals surface area contributed by atoms with Gasteiger partial charge in [-0.1, -0.05) is 43.2 Å². The van der Waals surface area contributed by atoms with Gasteiger partial charge >= 0.3 is 0 Å². The van der Waals surface area contributed by atoms with Gasteiger partial charge in [0.05, 0.1) is 5.39 Å². The lowest BCUT2D eigenvalue weighted by molar-refractivity contribution is 0.100. The molecule has 2 aromatic heterocycles. The van der Waals surface area contributed by atoms with Crippen LogP contribution in [0.3, 0.4) is 0 Å². The first-order valence-corrected chi connectivity index (χ1v) is 10.7. The number of hydrogen-bond donors (Lipinski definition) is 3. The zero-order chi connectivity index (χ0) is 24.2. The van der Waals surface area contributed by atoms with Crippen molar-refractivity contribution in [2.24, 2.45) is 5.73 Å². The highest BCUT2D eigenvalue weighted by Gasteiger charge is 2.20. The molecule has 3 heterocycles. The molecule has 0 atom stereocenters. The summed E-state index contributed by atoms with van der Waals surface area (Å²) in [5, 5.41) is 8.40. The van der Waals surface area contributed by atoms with Gasteiger partial charge in [0.2, 0.25) is 0 Å². The molecule has 8 heteroatoms. The smallest absolute Gasteiger partial charge is 0.264 e. The van der Waals surface area contributed by atoms with Gasteiger partial charge in [0, 0.05) is 29.7 Å². The van der Waals surface area contributed by atoms with Crippen LogP contribution in [0, 0.1) is 12.3 Å². The van der Waals surface area contributed by atoms with Crippen LogP contribution in [0.1, 0.15) is 28.5 Å². The summed E-state index contributed by atoms with van der Waals surface area (Å²) in [6, 6.07) is 17.4. The molecule has 0 saturated heterocycles. The number of primary amides is 1. The zero-order valence-electron chi connectivity index (χ0n) is 18.7. The maximum atomic E-state index is 13.0. The Bertz CT molecular complexity index is 1510. The minimum absolute atomic E-state index is 0.0518. The first-order valence-electron chi connectivity index (χ1n) is 10.7. The highest BCUT2D eigenvalue weighted by Crippen LogP contribution is 2.23. The van der Waals surface area contributed by atoms with Gasteiger partial charge < -0.3 is 16.8 Å². The van der Waals surface area contributed by atoms with Crippen LogP contribution in [-0.4, -0.2) is 26.8 Å². The number of anilines is 2. The van der Waals surface area contributed by atoms with E-state index in [-0.39, 0.29) is 16.9 Å². The molecule has 8 nitrogen and oxygen atoms in total. The van der Waals surface area contributed by atoms with Crippen LogP contribution in [0.4, 0.5) is 11.6 Å². The molecule has 0 radical (unpaired) electrons. The number of terminal acetylenes is 1. The van der Waals surface area contributed by atoms with E-state index in [0.29, 0.717) is 23.3 Å². The molecule has 5 rings (SSSR count). The number of nitrogens with zero attached hydrogens (tertiary/aromatic N) is 3. The Kier molecular flexibility index (Phi) is 6.19. The molecule has 5 N–H and O–H groups in total. The van der Waals surface area contributed by atoms with Gasteiger partial charge in [-0.2, -0.15) is 0 Å². The summed E-state index contributed by atoms with van der Waals surface area (Å²) in [4.78, 5) is 23.9. The van der Waals surface area contributed by atoms with E-state index in [2.05, 4.69) is 16.3 Å². The number of benzene rings is 2. The molecule has 0 fully saturated rings. The third kappa shape index (κ3) is 4.02. The summed E-state index contributed by atoms with van der Waals surface area (Å²) < 4.78 is 3.25. The third-order valence-electron chi connectivity index (χ3n) is 5.47. The molecule has 0 saturated carbocycles. The topological polar surface area (TPSA) is 121 Å². The number of rotatable bonds is 3. The van der Waals surface area contributed by atoms with E-state index in [1.165, 1.54) is 4.68 Å². The largest absolute Gasteiger partial charge is 0.381 e. The van der Waals surface area contributed by atoms with Crippen molar-refractivity contribution in [1.82, 2.24) is 14.3 Å². The van der Waals surface area contributed by atoms with Crippen molar-refractivity contribution in [2.75, 3.05) is 17.6 Å². The molecule has 0 aliphatic carbocycles. The van der Waals surface area contributed by atoms with Gasteiger partial charge in [-0.05, 0) is 42.1 Å². The van der Waals surface area contributed by atoms with Crippen LogP contribution < -0.4 is 22.3 Å². The minimum Gasteiger partial charge on any atom is -0.381 e. The Morgan fingerprint density at radius 2 is 1.97 bits per heavy atom. The molecule has 0 bridgehead atoms. The number of aryl methyl sites for hydroxylation is 1. The molecule has 170 valence electrons. The molecule has 0 spiro atoms. The van der Waals surface area contributed by atoms with Crippen molar-refractivity contribution >= 4 is 34.5 Å². The van der Waals surface area contributed by atoms with Gasteiger partial charge in [-0.25, -0.2) is 4.68 Å². The van der Waals surface area contributed by atoms with Crippen molar-refractivity contribution in [3.05, 3.63) is 87.8 Å². The molecule has 1 aliphatic heterocycles. The van der Waals surface area contributed by atoms with Crippen LogP contribution in [0.5, 0.6) is 0 Å². The van der Waals surface area contributed by atoms with Crippen LogP contribution in [0.25, 0.3) is 22.7 Å². The fourth-order valence-electron chi connectivity index (χ4n) is 3.94. The molecule has 0 unspecified atom stereocenters. The number of carbonyl (C=O) groups is 1. The van der Waals surface area contributed by atoms with Gasteiger partial charge in [0.15, 0.2) is 5.82 Å². The van der Waals surface area contributed by atoms with E-state index in [1.54, 1.807) is 10.8 Å². The standard InChI is InChI=1S/C19H15NO.C7H9N5O/c1-3-14-9-8-10-15-13-16(4-2)20(19(21)18(14)15)17-11-6-5-7-12-17;8-5-4(6(9)13)7-10-2-1-3-12(7)11-5/h1,5-13H,4H2,2H3;1,3,10H,2H2,(H2,8,11)(H2,9,13). The summed E-state index contributed by atoms with van der Waals surface area (Å²) in [5.41, 5.74) is 13.4. The molecule has 2 aromatic carbocycles. The molecule has 34 heavy (non-hydrogen) atoms. The predicted molar refractivity (Wildman–Crippen MR) is 136 cm³/mol. The highest BCUT2D eigenvalue weighted by molar-refractivity contribution is 6.02. The van der Waals surface area contributed by atoms with Crippen molar-refractivity contribution < 1.29 is 4.79 Å². The summed E-state index contributed by atoms with van der Waals surface area (Å²) >= 11 is 0. The van der Waals surface area contributed by atoms with Crippen LogP contribution >= 0.6 is 0 Å². The van der Waals surface area contributed by atoms with Gasteiger partial charge in [-0.15, -0.1) is 11.5 Å². The number of aromatic nitrogens is 3. The molecule has 4 aromatic rings. The quantitative estimate of drug-likeness (QED) is 0.413. The maximum absolute atomic E-state index is 13.0. The number of fused-ring (bicyclic) bond motifs is 2. The Balaban J connectivity index is 0.000000180. The minimum atomic E-state index is -0.568. The highest BCUT2D eigenvalue weighted by atomic mass is 16.1. The van der Waals surface area contributed by atoms with Crippen molar-refractivity contribution in [3.8, 4) is 18.0 Å². The summed E-state index contributed by atoms with van der Waals surface area (Å²) in [6.45, 7) is 2.69. The van der Waals surface area contributed by atoms with E-state index in [4.69, 9.17) is 17.9 Å². The Hall–Kier alpha value is -4.77. The van der Waals surface area contributed by atoms with Gasteiger partial charge in [-0.3, -0.25) is 14.2 Å². The van der Waals surface area contributed by atoms with Gasteiger partial charge in [0.25, 0.3) is 11.5 Å². The maximum Gasteiger partial charge on any atom is 0.264 e. The SMILES string of the molecule is C#Cc1cccc2cc(CC)n(-c3ccccc3)c(=O)c12.NC(=O)c1c(N)nn2c1NCC=C2. The first-order chi connectivity index (χ1) is 16.5. The number of amides is 1. The summed E-state index contributed by atoms with van der Waals surface area (Å²) in [7, 11) is 0. The Morgan fingerprint density at radius 3 is 2.65 bits per heavy atom. The second kappa shape index (κ2) is 9.38. The lowest BCUT2D eigenvalue weighted by Crippen LogP contribution is -2.22. The van der Waals surface area contributed by atoms with Crippen molar-refractivity contribution in [2.45, 2.75) is 13.3 Å². The van der Waals surface area contributed by atoms with E-state index in [0.717, 1.165) is 23.2 Å². The number of carbonyl (C=O) groups excluding carboxylic acids is 1. The fourth-order valence-corrected chi connectivity index (χ4v) is 3.94. The van der Waals surface area contributed by atoms with Crippen LogP contribution in [0.2, 0.25) is 0 Å². The average molecular weight is 453 g/mol. The molecular formula is C26H24N6O2. The average Bonchev–Trinajstić information content (AvgIpc) is 3.20. The zero-order valence-corrected chi connectivity index (χ0v) is 18.7. The van der Waals surface area contributed by atoms with E-state index < -0.39 is 5.91 Å². The first kappa shape index (κ1) is 22.4. The van der Waals surface area contributed by atoms with Crippen molar-refractivity contribution in [1.29, 1.82) is 0 Å². The van der Waals surface area contributed by atoms with Crippen LogP contribution in [-0.2, 0) is 6.42 Å². The number of nitrogen functional groups attached to an aromatic ring is 1. The Labute approximate surface area is 196 Å². The normalized spacial score (nSPS) is 11.6. The predicted octanol–water partition coefficient (Wildman–Crippen LogP) is 2.99. The number of hydrogen-bond acceptors (Lipinski definition) is 5. The monoisotopic (exact) mass is 452 g/mol. The number of para-hydroxylation sites is 1. The summed E-state index contributed by atoms with van der Waals surface area (Å²) in [6.07, 6.45) is 9.92. The van der Waals surface area contributed by atoms with Crippen LogP contribution in [0.15, 0.2) is 65.5 Å². The number of pyridine rings is 1. The van der Waals surface area contributed by atoms with E-state index >= 15 is 0 Å². The molecule has 1 aliphatic rings.